The Morgan fingerprint density at radius 1 is 0.864 bits per heavy atom. The summed E-state index contributed by atoms with van der Waals surface area (Å²) < 4.78 is 0. The van der Waals surface area contributed by atoms with Gasteiger partial charge in [0.2, 0.25) is 0 Å². The van der Waals surface area contributed by atoms with Crippen LogP contribution in [0, 0.1) is 19.8 Å². The Labute approximate surface area is 133 Å². The van der Waals surface area contributed by atoms with Crippen molar-refractivity contribution in [2.75, 3.05) is 0 Å². The van der Waals surface area contributed by atoms with Gasteiger partial charge in [-0.2, -0.15) is 0 Å². The first kappa shape index (κ1) is 15.3. The normalized spacial score (nSPS) is 28.5. The molecule has 0 saturated carbocycles. The summed E-state index contributed by atoms with van der Waals surface area (Å²) >= 11 is 0. The van der Waals surface area contributed by atoms with Crippen molar-refractivity contribution < 1.29 is 10.4 Å². The number of piperidine rings is 1. The van der Waals surface area contributed by atoms with Crippen molar-refractivity contribution in [1.29, 1.82) is 0 Å². The van der Waals surface area contributed by atoms with E-state index in [0.717, 1.165) is 6.42 Å². The lowest BCUT2D eigenvalue weighted by Crippen LogP contribution is -2.90. The molecule has 22 heavy (non-hydrogen) atoms. The molecule has 0 aliphatic carbocycles. The highest BCUT2D eigenvalue weighted by Gasteiger charge is 2.38. The second-order valence-electron chi connectivity index (χ2n) is 6.81. The Bertz CT molecular complexity index is 617. The number of aliphatic hydroxyl groups is 1. The van der Waals surface area contributed by atoms with Gasteiger partial charge in [0, 0.05) is 23.5 Å². The van der Waals surface area contributed by atoms with Crippen LogP contribution in [0.3, 0.4) is 0 Å². The Balaban J connectivity index is 1.86. The van der Waals surface area contributed by atoms with Crippen LogP contribution in [-0.4, -0.2) is 11.2 Å². The summed E-state index contributed by atoms with van der Waals surface area (Å²) in [7, 11) is 0. The molecule has 0 aromatic heterocycles. The van der Waals surface area contributed by atoms with Crippen LogP contribution in [0.2, 0.25) is 0 Å². The van der Waals surface area contributed by atoms with Gasteiger partial charge in [-0.25, -0.2) is 0 Å². The lowest BCUT2D eigenvalue weighted by atomic mass is 9.81. The van der Waals surface area contributed by atoms with Crippen LogP contribution in [0.4, 0.5) is 0 Å². The predicted molar refractivity (Wildman–Crippen MR) is 89.6 cm³/mol. The van der Waals surface area contributed by atoms with Crippen LogP contribution < -0.4 is 5.32 Å². The zero-order valence-corrected chi connectivity index (χ0v) is 13.7. The average molecular weight is 296 g/mol. The minimum atomic E-state index is -0.248. The molecular formula is C20H26NO+. The smallest absolute Gasteiger partial charge is 0.117 e. The SMILES string of the molecule is Cc1ccc([C@@H]2C[C@H](O)[C@H](C)[C@H](c3ccc(C)cc3)[NH2+]2)cc1. The highest BCUT2D eigenvalue weighted by atomic mass is 16.3. The van der Waals surface area contributed by atoms with E-state index in [-0.39, 0.29) is 12.0 Å². The van der Waals surface area contributed by atoms with Crippen molar-refractivity contribution >= 4 is 0 Å². The zero-order chi connectivity index (χ0) is 15.7. The van der Waals surface area contributed by atoms with Gasteiger partial charge in [-0.05, 0) is 13.8 Å². The molecule has 4 atom stereocenters. The van der Waals surface area contributed by atoms with Gasteiger partial charge in [0.1, 0.15) is 12.1 Å². The number of nitrogens with two attached hydrogens (primary N) is 1. The minimum Gasteiger partial charge on any atom is -0.392 e. The monoisotopic (exact) mass is 296 g/mol. The first-order valence-corrected chi connectivity index (χ1v) is 8.21. The Hall–Kier alpha value is -1.64. The molecule has 3 N–H and O–H groups in total. The maximum Gasteiger partial charge on any atom is 0.117 e. The molecule has 0 bridgehead atoms. The van der Waals surface area contributed by atoms with Gasteiger partial charge in [-0.3, -0.25) is 0 Å². The lowest BCUT2D eigenvalue weighted by Gasteiger charge is -2.36. The summed E-state index contributed by atoms with van der Waals surface area (Å²) in [6.45, 7) is 6.39. The minimum absolute atomic E-state index is 0.248. The van der Waals surface area contributed by atoms with Gasteiger partial charge in [0.05, 0.1) is 6.10 Å². The summed E-state index contributed by atoms with van der Waals surface area (Å²) in [5.41, 5.74) is 5.19. The third kappa shape index (κ3) is 3.08. The van der Waals surface area contributed by atoms with Gasteiger partial charge in [0.25, 0.3) is 0 Å². The molecule has 3 rings (SSSR count). The molecule has 0 unspecified atom stereocenters. The maximum atomic E-state index is 10.5. The second-order valence-corrected chi connectivity index (χ2v) is 6.81. The summed E-state index contributed by atoms with van der Waals surface area (Å²) in [5, 5.41) is 13.0. The zero-order valence-electron chi connectivity index (χ0n) is 13.7. The number of aryl methyl sites for hydroxylation is 2. The number of rotatable bonds is 2. The largest absolute Gasteiger partial charge is 0.392 e. The van der Waals surface area contributed by atoms with Gasteiger partial charge < -0.3 is 10.4 Å². The number of quaternary nitrogens is 1. The molecule has 2 heteroatoms. The lowest BCUT2D eigenvalue weighted by molar-refractivity contribution is -0.752. The maximum absolute atomic E-state index is 10.5. The molecule has 1 aliphatic rings. The van der Waals surface area contributed by atoms with Crippen LogP contribution in [0.5, 0.6) is 0 Å². The van der Waals surface area contributed by atoms with E-state index in [9.17, 15) is 5.11 Å². The number of hydrogen-bond donors (Lipinski definition) is 2. The molecule has 2 aromatic carbocycles. The fourth-order valence-corrected chi connectivity index (χ4v) is 3.48. The van der Waals surface area contributed by atoms with Gasteiger partial charge >= 0.3 is 0 Å². The van der Waals surface area contributed by atoms with Gasteiger partial charge in [-0.15, -0.1) is 0 Å². The highest BCUT2D eigenvalue weighted by molar-refractivity contribution is 5.26. The Morgan fingerprint density at radius 3 is 1.91 bits per heavy atom. The van der Waals surface area contributed by atoms with Gasteiger partial charge in [0.15, 0.2) is 0 Å². The van der Waals surface area contributed by atoms with E-state index in [1.54, 1.807) is 0 Å². The van der Waals surface area contributed by atoms with Crippen molar-refractivity contribution in [3.05, 3.63) is 70.8 Å². The molecule has 0 radical (unpaired) electrons. The van der Waals surface area contributed by atoms with E-state index in [2.05, 4.69) is 74.6 Å². The molecule has 1 fully saturated rings. The second kappa shape index (κ2) is 6.23. The molecular weight excluding hydrogens is 270 g/mol. The standard InChI is InChI=1S/C20H25NO/c1-13-4-8-16(9-5-13)18-12-19(22)15(3)20(21-18)17-10-6-14(2)7-11-17/h4-11,15,18-22H,12H2,1-3H3/p+1/t15-,18-,19-,20+/m0/s1. The third-order valence-electron chi connectivity index (χ3n) is 5.08. The van der Waals surface area contributed by atoms with Crippen LogP contribution in [0.1, 0.15) is 47.7 Å². The molecule has 2 nitrogen and oxygen atoms in total. The van der Waals surface area contributed by atoms with Crippen LogP contribution in [-0.2, 0) is 0 Å². The quantitative estimate of drug-likeness (QED) is 0.878. The highest BCUT2D eigenvalue weighted by Crippen LogP contribution is 2.31. The van der Waals surface area contributed by atoms with Crippen molar-refractivity contribution in [1.82, 2.24) is 0 Å². The summed E-state index contributed by atoms with van der Waals surface area (Å²) in [4.78, 5) is 0. The van der Waals surface area contributed by atoms with Crippen molar-refractivity contribution in [3.63, 3.8) is 0 Å². The summed E-state index contributed by atoms with van der Waals surface area (Å²) in [6.07, 6.45) is 0.578. The molecule has 0 amide bonds. The number of aliphatic hydroxyl groups excluding tert-OH is 1. The van der Waals surface area contributed by atoms with Crippen molar-refractivity contribution in [3.8, 4) is 0 Å². The van der Waals surface area contributed by atoms with Crippen molar-refractivity contribution in [2.24, 2.45) is 5.92 Å². The molecule has 116 valence electrons. The fourth-order valence-electron chi connectivity index (χ4n) is 3.48. The van der Waals surface area contributed by atoms with E-state index in [0.29, 0.717) is 12.1 Å². The van der Waals surface area contributed by atoms with Crippen molar-refractivity contribution in [2.45, 2.75) is 45.4 Å². The summed E-state index contributed by atoms with van der Waals surface area (Å²) in [5.74, 6) is 0.268. The Kier molecular flexibility index (Phi) is 4.32. The predicted octanol–water partition coefficient (Wildman–Crippen LogP) is 3.05. The topological polar surface area (TPSA) is 36.8 Å². The van der Waals surface area contributed by atoms with E-state index in [1.165, 1.54) is 22.3 Å². The van der Waals surface area contributed by atoms with Gasteiger partial charge in [-0.1, -0.05) is 66.6 Å². The molecule has 1 saturated heterocycles. The van der Waals surface area contributed by atoms with E-state index >= 15 is 0 Å². The first-order valence-electron chi connectivity index (χ1n) is 8.21. The first-order chi connectivity index (χ1) is 10.5. The Morgan fingerprint density at radius 2 is 1.36 bits per heavy atom. The third-order valence-corrected chi connectivity index (χ3v) is 5.08. The van der Waals surface area contributed by atoms with E-state index in [1.807, 2.05) is 0 Å². The molecule has 2 aromatic rings. The fraction of sp³-hybridized carbons (Fsp3) is 0.400. The van der Waals surface area contributed by atoms with Crippen LogP contribution in [0.25, 0.3) is 0 Å². The molecule has 0 spiro atoms. The van der Waals surface area contributed by atoms with Crippen LogP contribution >= 0.6 is 0 Å². The number of hydrogen-bond acceptors (Lipinski definition) is 1. The van der Waals surface area contributed by atoms with E-state index < -0.39 is 0 Å². The summed E-state index contributed by atoms with van der Waals surface area (Å²) in [6, 6.07) is 18.1. The number of benzene rings is 2. The van der Waals surface area contributed by atoms with E-state index in [4.69, 9.17) is 0 Å². The molecule has 1 heterocycles. The molecule has 1 aliphatic heterocycles. The van der Waals surface area contributed by atoms with Crippen LogP contribution in [0.15, 0.2) is 48.5 Å². The average Bonchev–Trinajstić information content (AvgIpc) is 2.52.